The zero-order chi connectivity index (χ0) is 9.84. The topological polar surface area (TPSA) is 76.8 Å². The molecule has 0 aliphatic carbocycles. The molecule has 0 bridgehead atoms. The van der Waals surface area contributed by atoms with Crippen molar-refractivity contribution in [3.8, 4) is 0 Å². The van der Waals surface area contributed by atoms with Crippen LogP contribution in [0.2, 0.25) is 0 Å². The summed E-state index contributed by atoms with van der Waals surface area (Å²) in [5.74, 6) is 1.82. The van der Waals surface area contributed by atoms with E-state index in [1.165, 1.54) is 0 Å². The molecule has 0 saturated heterocycles. The summed E-state index contributed by atoms with van der Waals surface area (Å²) in [5.41, 5.74) is 5.49. The molecule has 1 unspecified atom stereocenters. The smallest absolute Gasteiger partial charge is 0.155 e. The van der Waals surface area contributed by atoms with Crippen LogP contribution in [0.3, 0.4) is 0 Å². The lowest BCUT2D eigenvalue weighted by atomic mass is 10.2. The lowest BCUT2D eigenvalue weighted by Crippen LogP contribution is -2.15. The predicted molar refractivity (Wildman–Crippen MR) is 49.3 cm³/mol. The van der Waals surface area contributed by atoms with Crippen LogP contribution in [-0.4, -0.2) is 28.8 Å². The minimum atomic E-state index is -0.181. The molecule has 74 valence electrons. The third kappa shape index (κ3) is 2.26. The summed E-state index contributed by atoms with van der Waals surface area (Å²) in [4.78, 5) is 4.28. The molecule has 5 nitrogen and oxygen atoms in total. The van der Waals surface area contributed by atoms with Gasteiger partial charge in [-0.1, -0.05) is 13.8 Å². The third-order valence-electron chi connectivity index (χ3n) is 1.84. The molecule has 0 aromatic carbocycles. The number of H-pyrrole nitrogens is 1. The van der Waals surface area contributed by atoms with Gasteiger partial charge in [0.2, 0.25) is 0 Å². The van der Waals surface area contributed by atoms with Gasteiger partial charge in [-0.3, -0.25) is 5.10 Å². The van der Waals surface area contributed by atoms with Crippen LogP contribution < -0.4 is 5.73 Å². The summed E-state index contributed by atoms with van der Waals surface area (Å²) < 4.78 is 5.12. The largest absolute Gasteiger partial charge is 0.372 e. The number of nitrogens with zero attached hydrogens (tertiary/aromatic N) is 2. The fourth-order valence-electron chi connectivity index (χ4n) is 1.01. The number of aromatic nitrogens is 3. The fraction of sp³-hybridized carbons (Fsp3) is 0.750. The zero-order valence-corrected chi connectivity index (χ0v) is 8.24. The second-order valence-corrected chi connectivity index (χ2v) is 3.19. The van der Waals surface area contributed by atoms with E-state index < -0.39 is 0 Å². The van der Waals surface area contributed by atoms with Gasteiger partial charge in [0.05, 0.1) is 0 Å². The predicted octanol–water partition coefficient (Wildman–Crippen LogP) is 0.574. The number of hydrogen-bond acceptors (Lipinski definition) is 4. The van der Waals surface area contributed by atoms with Crippen molar-refractivity contribution in [2.45, 2.75) is 25.9 Å². The van der Waals surface area contributed by atoms with Gasteiger partial charge in [0.15, 0.2) is 11.6 Å². The first kappa shape index (κ1) is 10.1. The van der Waals surface area contributed by atoms with E-state index in [2.05, 4.69) is 15.2 Å². The minimum Gasteiger partial charge on any atom is -0.372 e. The highest BCUT2D eigenvalue weighted by Gasteiger charge is 2.14. The molecule has 1 heterocycles. The van der Waals surface area contributed by atoms with E-state index in [0.29, 0.717) is 18.3 Å². The van der Waals surface area contributed by atoms with Gasteiger partial charge < -0.3 is 10.5 Å². The number of nitrogens with two attached hydrogens (primary N) is 1. The molecule has 0 radical (unpaired) electrons. The normalized spacial score (nSPS) is 13.6. The Labute approximate surface area is 77.7 Å². The van der Waals surface area contributed by atoms with Gasteiger partial charge in [0.1, 0.15) is 6.10 Å². The highest BCUT2D eigenvalue weighted by atomic mass is 16.5. The molecule has 13 heavy (non-hydrogen) atoms. The lowest BCUT2D eigenvalue weighted by Gasteiger charge is -2.07. The first-order valence-electron chi connectivity index (χ1n) is 4.34. The quantitative estimate of drug-likeness (QED) is 0.717. The van der Waals surface area contributed by atoms with Gasteiger partial charge in [-0.2, -0.15) is 5.10 Å². The summed E-state index contributed by atoms with van der Waals surface area (Å²) in [6.07, 6.45) is -0.181. The Balaban J connectivity index is 2.78. The standard InChI is InChI=1S/C8H16N4O/c1-5(2)7-10-8(12-11-7)6(4-9)13-3/h5-6H,4,9H2,1-3H3,(H,10,11,12). The summed E-state index contributed by atoms with van der Waals surface area (Å²) in [5, 5.41) is 6.88. The summed E-state index contributed by atoms with van der Waals surface area (Å²) in [6.45, 7) is 4.48. The molecule has 1 rings (SSSR count). The van der Waals surface area contributed by atoms with Crippen molar-refractivity contribution in [2.75, 3.05) is 13.7 Å². The molecule has 0 fully saturated rings. The van der Waals surface area contributed by atoms with E-state index in [1.54, 1.807) is 7.11 Å². The van der Waals surface area contributed by atoms with Crippen LogP contribution in [0.1, 0.15) is 37.5 Å². The van der Waals surface area contributed by atoms with E-state index in [-0.39, 0.29) is 6.10 Å². The Morgan fingerprint density at radius 1 is 1.54 bits per heavy atom. The molecule has 1 aromatic rings. The number of hydrogen-bond donors (Lipinski definition) is 2. The van der Waals surface area contributed by atoms with Gasteiger partial charge in [-0.25, -0.2) is 4.98 Å². The van der Waals surface area contributed by atoms with Gasteiger partial charge in [-0.15, -0.1) is 0 Å². The van der Waals surface area contributed by atoms with Crippen molar-refractivity contribution < 1.29 is 4.74 Å². The average Bonchev–Trinajstić information content (AvgIpc) is 2.56. The fourth-order valence-corrected chi connectivity index (χ4v) is 1.01. The molecule has 1 aromatic heterocycles. The van der Waals surface area contributed by atoms with E-state index in [9.17, 15) is 0 Å². The van der Waals surface area contributed by atoms with Crippen LogP contribution in [0, 0.1) is 0 Å². The van der Waals surface area contributed by atoms with Crippen molar-refractivity contribution in [2.24, 2.45) is 5.73 Å². The Bertz CT molecular complexity index is 254. The number of aromatic amines is 1. The van der Waals surface area contributed by atoms with E-state index in [1.807, 2.05) is 13.8 Å². The molecular weight excluding hydrogens is 168 g/mol. The maximum Gasteiger partial charge on any atom is 0.155 e. The van der Waals surface area contributed by atoms with Gasteiger partial charge in [0, 0.05) is 19.6 Å². The Hall–Kier alpha value is -0.940. The van der Waals surface area contributed by atoms with E-state index in [0.717, 1.165) is 5.82 Å². The van der Waals surface area contributed by atoms with Crippen LogP contribution in [0.4, 0.5) is 0 Å². The molecule has 5 heteroatoms. The average molecular weight is 184 g/mol. The van der Waals surface area contributed by atoms with Crippen molar-refractivity contribution in [3.05, 3.63) is 11.6 Å². The molecule has 0 spiro atoms. The van der Waals surface area contributed by atoms with Crippen LogP contribution >= 0.6 is 0 Å². The summed E-state index contributed by atoms with van der Waals surface area (Å²) in [6, 6.07) is 0. The number of ether oxygens (including phenoxy) is 1. The number of methoxy groups -OCH3 is 1. The SMILES string of the molecule is COC(CN)c1nc(C(C)C)n[nH]1. The van der Waals surface area contributed by atoms with E-state index in [4.69, 9.17) is 10.5 Å². The Morgan fingerprint density at radius 2 is 2.23 bits per heavy atom. The van der Waals surface area contributed by atoms with Gasteiger partial charge in [-0.05, 0) is 0 Å². The van der Waals surface area contributed by atoms with Crippen molar-refractivity contribution in [1.82, 2.24) is 15.2 Å². The first-order valence-corrected chi connectivity index (χ1v) is 4.34. The highest BCUT2D eigenvalue weighted by Crippen LogP contribution is 2.13. The molecule has 0 aliphatic rings. The number of rotatable bonds is 4. The molecular formula is C8H16N4O. The molecule has 3 N–H and O–H groups in total. The van der Waals surface area contributed by atoms with Crippen molar-refractivity contribution in [1.29, 1.82) is 0 Å². The number of nitrogens with one attached hydrogen (secondary N) is 1. The second-order valence-electron chi connectivity index (χ2n) is 3.19. The monoisotopic (exact) mass is 184 g/mol. The zero-order valence-electron chi connectivity index (χ0n) is 8.24. The van der Waals surface area contributed by atoms with Crippen LogP contribution in [0.5, 0.6) is 0 Å². The maximum absolute atomic E-state index is 5.49. The highest BCUT2D eigenvalue weighted by molar-refractivity contribution is 4.98. The maximum atomic E-state index is 5.49. The van der Waals surface area contributed by atoms with Crippen molar-refractivity contribution in [3.63, 3.8) is 0 Å². The van der Waals surface area contributed by atoms with Gasteiger partial charge >= 0.3 is 0 Å². The minimum absolute atomic E-state index is 0.181. The van der Waals surface area contributed by atoms with Crippen LogP contribution in [-0.2, 0) is 4.74 Å². The van der Waals surface area contributed by atoms with Crippen LogP contribution in [0.15, 0.2) is 0 Å². The molecule has 0 aliphatic heterocycles. The van der Waals surface area contributed by atoms with Gasteiger partial charge in [0.25, 0.3) is 0 Å². The first-order chi connectivity index (χ1) is 6.19. The Morgan fingerprint density at radius 3 is 2.62 bits per heavy atom. The molecule has 0 saturated carbocycles. The third-order valence-corrected chi connectivity index (χ3v) is 1.84. The second kappa shape index (κ2) is 4.34. The van der Waals surface area contributed by atoms with Crippen LogP contribution in [0.25, 0.3) is 0 Å². The molecule has 1 atom stereocenters. The summed E-state index contributed by atoms with van der Waals surface area (Å²) >= 11 is 0. The summed E-state index contributed by atoms with van der Waals surface area (Å²) in [7, 11) is 1.61. The lowest BCUT2D eigenvalue weighted by molar-refractivity contribution is 0.103. The Kier molecular flexibility index (Phi) is 3.39. The van der Waals surface area contributed by atoms with E-state index >= 15 is 0 Å². The van der Waals surface area contributed by atoms with Crippen molar-refractivity contribution >= 4 is 0 Å². The molecule has 0 amide bonds.